The minimum atomic E-state index is 0.213. The van der Waals surface area contributed by atoms with Crippen LogP contribution in [0.1, 0.15) is 18.9 Å². The number of pyridine rings is 1. The van der Waals surface area contributed by atoms with E-state index in [1.165, 1.54) is 5.56 Å². The first-order valence-corrected chi connectivity index (χ1v) is 10.4. The lowest BCUT2D eigenvalue weighted by Crippen LogP contribution is -2.52. The highest BCUT2D eigenvalue weighted by atomic mass is 79.9. The third kappa shape index (κ3) is 4.01. The van der Waals surface area contributed by atoms with Crippen LogP contribution in [0.5, 0.6) is 0 Å². The van der Waals surface area contributed by atoms with Crippen molar-refractivity contribution in [3.8, 4) is 0 Å². The van der Waals surface area contributed by atoms with E-state index >= 15 is 0 Å². The number of aromatic nitrogens is 1. The monoisotopic (exact) mass is 428 g/mol. The molecule has 1 fully saturated rings. The number of carbonyl (C=O) groups excluding carboxylic acids is 1. The highest BCUT2D eigenvalue weighted by Crippen LogP contribution is 2.30. The number of hydrogen-bond acceptors (Lipinski definition) is 4. The first-order valence-electron chi connectivity index (χ1n) is 9.60. The van der Waals surface area contributed by atoms with Crippen molar-refractivity contribution in [1.82, 2.24) is 9.88 Å². The number of aryl methyl sites for hydroxylation is 1. The molecule has 2 aliphatic rings. The van der Waals surface area contributed by atoms with Crippen LogP contribution < -0.4 is 9.80 Å². The molecule has 0 bridgehead atoms. The van der Waals surface area contributed by atoms with Crippen molar-refractivity contribution >= 4 is 33.3 Å². The van der Waals surface area contributed by atoms with Crippen LogP contribution in [-0.2, 0) is 11.2 Å². The number of para-hydroxylation sites is 1. The molecule has 3 heterocycles. The van der Waals surface area contributed by atoms with Crippen LogP contribution in [0.25, 0.3) is 0 Å². The molecule has 2 aliphatic heterocycles. The van der Waals surface area contributed by atoms with Crippen molar-refractivity contribution in [3.05, 3.63) is 52.6 Å². The molecule has 27 heavy (non-hydrogen) atoms. The van der Waals surface area contributed by atoms with E-state index in [1.807, 2.05) is 29.3 Å². The van der Waals surface area contributed by atoms with E-state index in [0.717, 1.165) is 55.0 Å². The fourth-order valence-electron chi connectivity index (χ4n) is 4.03. The average molecular weight is 429 g/mol. The maximum Gasteiger partial charge on any atom is 0.241 e. The molecule has 0 aliphatic carbocycles. The molecule has 1 aromatic carbocycles. The van der Waals surface area contributed by atoms with Gasteiger partial charge in [-0.2, -0.15) is 0 Å². The lowest BCUT2D eigenvalue weighted by Gasteiger charge is -2.39. The van der Waals surface area contributed by atoms with Crippen LogP contribution in [0.2, 0.25) is 0 Å². The van der Waals surface area contributed by atoms with Crippen molar-refractivity contribution in [2.24, 2.45) is 0 Å². The standard InChI is InChI=1S/C21H25BrN4O/c1-16-6-7-17-4-2-3-5-19(17)26(16)21(27)15-24-10-12-25(13-11-24)20-9-8-18(22)14-23-20/h2-5,8-9,14,16H,6-7,10-13,15H2,1H3. The second-order valence-electron chi connectivity index (χ2n) is 7.38. The molecule has 142 valence electrons. The number of benzene rings is 1. The summed E-state index contributed by atoms with van der Waals surface area (Å²) in [6.07, 6.45) is 3.92. The molecular formula is C21H25BrN4O. The summed E-state index contributed by atoms with van der Waals surface area (Å²) in [5.41, 5.74) is 2.38. The van der Waals surface area contributed by atoms with E-state index in [9.17, 15) is 4.79 Å². The van der Waals surface area contributed by atoms with Gasteiger partial charge in [-0.05, 0) is 59.5 Å². The maximum absolute atomic E-state index is 13.1. The summed E-state index contributed by atoms with van der Waals surface area (Å²) in [5, 5.41) is 0. The normalized spacial score (nSPS) is 20.4. The lowest BCUT2D eigenvalue weighted by molar-refractivity contribution is -0.120. The second-order valence-corrected chi connectivity index (χ2v) is 8.29. The van der Waals surface area contributed by atoms with Gasteiger partial charge >= 0.3 is 0 Å². The summed E-state index contributed by atoms with van der Waals surface area (Å²) in [6, 6.07) is 12.6. The Bertz CT molecular complexity index is 802. The Morgan fingerprint density at radius 1 is 1.15 bits per heavy atom. The summed E-state index contributed by atoms with van der Waals surface area (Å²) in [6.45, 7) is 6.20. The van der Waals surface area contributed by atoms with Gasteiger partial charge in [0.15, 0.2) is 0 Å². The largest absolute Gasteiger partial charge is 0.354 e. The van der Waals surface area contributed by atoms with Crippen LogP contribution in [0.15, 0.2) is 47.1 Å². The van der Waals surface area contributed by atoms with Gasteiger partial charge in [0.05, 0.1) is 6.54 Å². The zero-order valence-electron chi connectivity index (χ0n) is 15.6. The van der Waals surface area contributed by atoms with Gasteiger partial charge in [-0.25, -0.2) is 4.98 Å². The second kappa shape index (κ2) is 7.98. The van der Waals surface area contributed by atoms with Crippen LogP contribution >= 0.6 is 15.9 Å². The van der Waals surface area contributed by atoms with E-state index < -0.39 is 0 Å². The molecule has 5 nitrogen and oxygen atoms in total. The molecule has 1 unspecified atom stereocenters. The van der Waals surface area contributed by atoms with Crippen molar-refractivity contribution < 1.29 is 4.79 Å². The molecule has 0 N–H and O–H groups in total. The third-order valence-corrected chi connectivity index (χ3v) is 6.03. The minimum Gasteiger partial charge on any atom is -0.354 e. The van der Waals surface area contributed by atoms with Gasteiger partial charge in [-0.15, -0.1) is 0 Å². The molecule has 6 heteroatoms. The zero-order valence-corrected chi connectivity index (χ0v) is 17.2. The van der Waals surface area contributed by atoms with Crippen molar-refractivity contribution in [2.75, 3.05) is 42.5 Å². The minimum absolute atomic E-state index is 0.213. The summed E-state index contributed by atoms with van der Waals surface area (Å²) >= 11 is 3.43. The fourth-order valence-corrected chi connectivity index (χ4v) is 4.26. The van der Waals surface area contributed by atoms with Gasteiger partial charge in [0.25, 0.3) is 0 Å². The highest BCUT2D eigenvalue weighted by molar-refractivity contribution is 9.10. The number of amides is 1. The molecule has 1 aromatic heterocycles. The Morgan fingerprint density at radius 2 is 1.93 bits per heavy atom. The molecule has 1 amide bonds. The predicted molar refractivity (Wildman–Crippen MR) is 112 cm³/mol. The Hall–Kier alpha value is -1.92. The van der Waals surface area contributed by atoms with Crippen molar-refractivity contribution in [1.29, 1.82) is 0 Å². The summed E-state index contributed by atoms with van der Waals surface area (Å²) in [7, 11) is 0. The van der Waals surface area contributed by atoms with Gasteiger partial charge in [0, 0.05) is 48.6 Å². The molecule has 4 rings (SSSR count). The van der Waals surface area contributed by atoms with Crippen molar-refractivity contribution in [3.63, 3.8) is 0 Å². The maximum atomic E-state index is 13.1. The van der Waals surface area contributed by atoms with Gasteiger partial charge in [-0.1, -0.05) is 18.2 Å². The smallest absolute Gasteiger partial charge is 0.241 e. The molecule has 0 saturated carbocycles. The van der Waals surface area contributed by atoms with E-state index in [0.29, 0.717) is 6.54 Å². The lowest BCUT2D eigenvalue weighted by atomic mass is 9.96. The van der Waals surface area contributed by atoms with E-state index in [1.54, 1.807) is 0 Å². The van der Waals surface area contributed by atoms with Gasteiger partial charge < -0.3 is 9.80 Å². The Balaban J connectivity index is 1.38. The number of halogens is 1. The molecule has 1 atom stereocenters. The number of carbonyl (C=O) groups is 1. The summed E-state index contributed by atoms with van der Waals surface area (Å²) in [5.74, 6) is 1.22. The Labute approximate surface area is 169 Å². The summed E-state index contributed by atoms with van der Waals surface area (Å²) in [4.78, 5) is 24.1. The molecule has 1 saturated heterocycles. The number of hydrogen-bond donors (Lipinski definition) is 0. The number of piperazine rings is 1. The van der Waals surface area contributed by atoms with E-state index in [2.05, 4.69) is 55.8 Å². The van der Waals surface area contributed by atoms with Crippen molar-refractivity contribution in [2.45, 2.75) is 25.8 Å². The van der Waals surface area contributed by atoms with Gasteiger partial charge in [0.1, 0.15) is 5.82 Å². The first kappa shape index (κ1) is 18.4. The topological polar surface area (TPSA) is 39.7 Å². The number of anilines is 2. The Kier molecular flexibility index (Phi) is 5.45. The number of fused-ring (bicyclic) bond motifs is 1. The van der Waals surface area contributed by atoms with Crippen LogP contribution in [0, 0.1) is 0 Å². The molecule has 0 radical (unpaired) electrons. The Morgan fingerprint density at radius 3 is 2.67 bits per heavy atom. The fraction of sp³-hybridized carbons (Fsp3) is 0.429. The average Bonchev–Trinajstić information content (AvgIpc) is 2.69. The van der Waals surface area contributed by atoms with Crippen LogP contribution in [-0.4, -0.2) is 54.6 Å². The predicted octanol–water partition coefficient (Wildman–Crippen LogP) is 3.33. The third-order valence-electron chi connectivity index (χ3n) is 5.56. The number of nitrogens with zero attached hydrogens (tertiary/aromatic N) is 4. The molecule has 0 spiro atoms. The van der Waals surface area contributed by atoms with Gasteiger partial charge in [0.2, 0.25) is 5.91 Å². The highest BCUT2D eigenvalue weighted by Gasteiger charge is 2.29. The van der Waals surface area contributed by atoms with Crippen LogP contribution in [0.4, 0.5) is 11.5 Å². The first-order chi connectivity index (χ1) is 13.1. The number of rotatable bonds is 3. The SMILES string of the molecule is CC1CCc2ccccc2N1C(=O)CN1CCN(c2ccc(Br)cn2)CC1. The van der Waals surface area contributed by atoms with E-state index in [-0.39, 0.29) is 11.9 Å². The van der Waals surface area contributed by atoms with Crippen LogP contribution in [0.3, 0.4) is 0 Å². The summed E-state index contributed by atoms with van der Waals surface area (Å²) < 4.78 is 0.992. The van der Waals surface area contributed by atoms with Gasteiger partial charge in [-0.3, -0.25) is 9.69 Å². The quantitative estimate of drug-likeness (QED) is 0.751. The molecular weight excluding hydrogens is 404 g/mol. The van der Waals surface area contributed by atoms with E-state index in [4.69, 9.17) is 0 Å². The molecule has 2 aromatic rings. The zero-order chi connectivity index (χ0) is 18.8.